The van der Waals surface area contributed by atoms with Crippen molar-refractivity contribution in [2.24, 2.45) is 4.99 Å². The lowest BCUT2D eigenvalue weighted by Crippen LogP contribution is -2.50. The number of sulfone groups is 1. The van der Waals surface area contributed by atoms with E-state index in [1.165, 1.54) is 23.2 Å². The summed E-state index contributed by atoms with van der Waals surface area (Å²) in [6.45, 7) is 0. The third-order valence-electron chi connectivity index (χ3n) is 3.72. The van der Waals surface area contributed by atoms with Gasteiger partial charge in [0, 0.05) is 36.6 Å². The van der Waals surface area contributed by atoms with Crippen LogP contribution in [-0.2, 0) is 14.7 Å². The number of imidazole rings is 1. The number of allylic oxidation sites excluding steroid dienone is 1. The highest BCUT2D eigenvalue weighted by Gasteiger charge is 2.49. The number of aromatic nitrogens is 2. The smallest absolute Gasteiger partial charge is 0.203 e. The molecule has 0 spiro atoms. The number of nitrogens with zero attached hydrogens (tertiary/aromatic N) is 3. The molecule has 2 heterocycles. The van der Waals surface area contributed by atoms with E-state index in [0.29, 0.717) is 16.4 Å². The second-order valence-corrected chi connectivity index (χ2v) is 8.22. The Labute approximate surface area is 144 Å². The molecular weight excluding hydrogens is 357 g/mol. The quantitative estimate of drug-likeness (QED) is 0.780. The van der Waals surface area contributed by atoms with Gasteiger partial charge < -0.3 is 4.57 Å². The fourth-order valence-corrected chi connectivity index (χ4v) is 4.76. The molecule has 0 N–H and O–H groups in total. The summed E-state index contributed by atoms with van der Waals surface area (Å²) in [4.78, 5) is 6.73. The first kappa shape index (κ1) is 16.2. The van der Waals surface area contributed by atoms with Crippen LogP contribution in [-0.4, -0.2) is 35.8 Å². The minimum Gasteiger partial charge on any atom is -0.305 e. The van der Waals surface area contributed by atoms with Crippen LogP contribution in [0.1, 0.15) is 0 Å². The molecule has 5 nitrogen and oxygen atoms in total. The molecule has 1 aliphatic heterocycles. The molecule has 23 heavy (non-hydrogen) atoms. The first-order valence-corrected chi connectivity index (χ1v) is 9.42. The van der Waals surface area contributed by atoms with Crippen LogP contribution in [0.3, 0.4) is 0 Å². The Morgan fingerprint density at radius 3 is 2.70 bits per heavy atom. The third kappa shape index (κ3) is 2.51. The van der Waals surface area contributed by atoms with Gasteiger partial charge in [0.05, 0.1) is 10.4 Å². The molecule has 1 aromatic heterocycles. The molecule has 3 rings (SSSR count). The van der Waals surface area contributed by atoms with Crippen LogP contribution >= 0.6 is 23.2 Å². The van der Waals surface area contributed by atoms with Crippen molar-refractivity contribution < 1.29 is 8.42 Å². The second kappa shape index (κ2) is 5.78. The molecule has 2 aromatic rings. The average molecular weight is 370 g/mol. The zero-order valence-electron chi connectivity index (χ0n) is 12.1. The van der Waals surface area contributed by atoms with Gasteiger partial charge in [-0.2, -0.15) is 0 Å². The van der Waals surface area contributed by atoms with Gasteiger partial charge in [-0.3, -0.25) is 4.99 Å². The molecule has 0 radical (unpaired) electrons. The molecule has 0 amide bonds. The van der Waals surface area contributed by atoms with Gasteiger partial charge in [-0.05, 0) is 18.2 Å². The maximum absolute atomic E-state index is 12.6. The van der Waals surface area contributed by atoms with Gasteiger partial charge >= 0.3 is 0 Å². The standard InChI is InChI=1S/C15H13Cl2N3O2S/c1-23(21,22)15(10-18-7-6-13(15)17)20-9-8-19-14(20)11-4-2-3-5-12(11)16/h2-10,13H,1H3. The molecule has 0 fully saturated rings. The number of hydrogen-bond acceptors (Lipinski definition) is 4. The summed E-state index contributed by atoms with van der Waals surface area (Å²) in [5, 5.41) is -0.358. The molecule has 2 unspecified atom stereocenters. The van der Waals surface area contributed by atoms with Gasteiger partial charge in [-0.25, -0.2) is 13.4 Å². The normalized spacial score (nSPS) is 24.0. The number of aliphatic imine (C=N–C) groups is 1. The van der Waals surface area contributed by atoms with Gasteiger partial charge in [0.2, 0.25) is 4.87 Å². The molecule has 1 aliphatic rings. The zero-order valence-corrected chi connectivity index (χ0v) is 14.4. The Bertz CT molecular complexity index is 905. The molecule has 0 aliphatic carbocycles. The Morgan fingerprint density at radius 1 is 1.30 bits per heavy atom. The molecule has 1 aromatic carbocycles. The van der Waals surface area contributed by atoms with E-state index in [4.69, 9.17) is 23.2 Å². The Kier molecular flexibility index (Phi) is 4.08. The van der Waals surface area contributed by atoms with E-state index in [1.54, 1.807) is 36.5 Å². The molecule has 0 bridgehead atoms. The third-order valence-corrected chi connectivity index (χ3v) is 6.40. The summed E-state index contributed by atoms with van der Waals surface area (Å²) in [5.41, 5.74) is 0.619. The van der Waals surface area contributed by atoms with E-state index in [9.17, 15) is 8.42 Å². The molecule has 0 saturated heterocycles. The van der Waals surface area contributed by atoms with E-state index >= 15 is 0 Å². The van der Waals surface area contributed by atoms with Crippen LogP contribution in [0.15, 0.2) is 53.9 Å². The van der Waals surface area contributed by atoms with Crippen molar-refractivity contribution in [3.63, 3.8) is 0 Å². The monoisotopic (exact) mass is 369 g/mol. The Hall–Kier alpha value is -1.63. The van der Waals surface area contributed by atoms with E-state index in [0.717, 1.165) is 6.26 Å². The molecule has 0 saturated carbocycles. The minimum absolute atomic E-state index is 0.411. The SMILES string of the molecule is CS(=O)(=O)C1(n2ccnc2-c2ccccc2Cl)C=NC=CC1Cl. The number of benzene rings is 1. The van der Waals surface area contributed by atoms with Crippen LogP contribution in [0, 0.1) is 0 Å². The van der Waals surface area contributed by atoms with Crippen molar-refractivity contribution >= 4 is 39.3 Å². The van der Waals surface area contributed by atoms with Crippen LogP contribution < -0.4 is 0 Å². The summed E-state index contributed by atoms with van der Waals surface area (Å²) in [6.07, 6.45) is 8.57. The Balaban J connectivity index is 2.30. The van der Waals surface area contributed by atoms with Crippen molar-refractivity contribution in [1.82, 2.24) is 9.55 Å². The maximum atomic E-state index is 12.6. The highest BCUT2D eigenvalue weighted by molar-refractivity contribution is 7.92. The van der Waals surface area contributed by atoms with Gasteiger partial charge in [0.1, 0.15) is 5.82 Å². The first-order chi connectivity index (χ1) is 10.9. The summed E-state index contributed by atoms with van der Waals surface area (Å²) in [6, 6.07) is 7.09. The lowest BCUT2D eigenvalue weighted by molar-refractivity contribution is 0.514. The second-order valence-electron chi connectivity index (χ2n) is 5.15. The summed E-state index contributed by atoms with van der Waals surface area (Å²) >= 11 is 12.6. The predicted octanol–water partition coefficient (Wildman–Crippen LogP) is 3.11. The maximum Gasteiger partial charge on any atom is 0.203 e. The average Bonchev–Trinajstić information content (AvgIpc) is 2.96. The molecular formula is C15H13Cl2N3O2S. The topological polar surface area (TPSA) is 64.3 Å². The summed E-state index contributed by atoms with van der Waals surface area (Å²) in [5.74, 6) is 0.411. The largest absolute Gasteiger partial charge is 0.305 e. The van der Waals surface area contributed by atoms with E-state index in [1.807, 2.05) is 0 Å². The van der Waals surface area contributed by atoms with E-state index < -0.39 is 20.1 Å². The number of halogens is 2. The zero-order chi connectivity index (χ0) is 16.7. The highest BCUT2D eigenvalue weighted by atomic mass is 35.5. The fraction of sp³-hybridized carbons (Fsp3) is 0.200. The highest BCUT2D eigenvalue weighted by Crippen LogP contribution is 2.37. The fourth-order valence-electron chi connectivity index (χ4n) is 2.59. The van der Waals surface area contributed by atoms with Crippen LogP contribution in [0.25, 0.3) is 11.4 Å². The Morgan fingerprint density at radius 2 is 2.04 bits per heavy atom. The van der Waals surface area contributed by atoms with Crippen molar-refractivity contribution in [3.05, 3.63) is 54.0 Å². The number of rotatable bonds is 3. The summed E-state index contributed by atoms with van der Waals surface area (Å²) in [7, 11) is -3.66. The van der Waals surface area contributed by atoms with E-state index in [-0.39, 0.29) is 0 Å². The number of hydrogen-bond donors (Lipinski definition) is 0. The van der Waals surface area contributed by atoms with Crippen LogP contribution in [0.2, 0.25) is 5.02 Å². The molecule has 2 atom stereocenters. The van der Waals surface area contributed by atoms with Gasteiger partial charge in [-0.15, -0.1) is 11.6 Å². The number of alkyl halides is 1. The molecule has 120 valence electrons. The van der Waals surface area contributed by atoms with Gasteiger partial charge in [-0.1, -0.05) is 23.7 Å². The minimum atomic E-state index is -3.66. The van der Waals surface area contributed by atoms with Gasteiger partial charge in [0.15, 0.2) is 9.84 Å². The van der Waals surface area contributed by atoms with Crippen LogP contribution in [0.4, 0.5) is 0 Å². The van der Waals surface area contributed by atoms with E-state index in [2.05, 4.69) is 9.98 Å². The molecule has 8 heteroatoms. The lowest BCUT2D eigenvalue weighted by atomic mass is 10.1. The van der Waals surface area contributed by atoms with Gasteiger partial charge in [0.25, 0.3) is 0 Å². The van der Waals surface area contributed by atoms with Crippen molar-refractivity contribution in [3.8, 4) is 11.4 Å². The lowest BCUT2D eigenvalue weighted by Gasteiger charge is -2.35. The first-order valence-electron chi connectivity index (χ1n) is 6.71. The van der Waals surface area contributed by atoms with Crippen molar-refractivity contribution in [2.45, 2.75) is 10.2 Å². The summed E-state index contributed by atoms with van der Waals surface area (Å²) < 4.78 is 26.7. The predicted molar refractivity (Wildman–Crippen MR) is 92.8 cm³/mol. The van der Waals surface area contributed by atoms with Crippen molar-refractivity contribution in [1.29, 1.82) is 0 Å². The van der Waals surface area contributed by atoms with Crippen molar-refractivity contribution in [2.75, 3.05) is 6.26 Å². The van der Waals surface area contributed by atoms with Crippen LogP contribution in [0.5, 0.6) is 0 Å².